The number of nitrogens with zero attached hydrogens (tertiary/aromatic N) is 1. The van der Waals surface area contributed by atoms with Crippen molar-refractivity contribution in [1.82, 2.24) is 9.97 Å². The summed E-state index contributed by atoms with van der Waals surface area (Å²) in [5, 5.41) is 0.798. The van der Waals surface area contributed by atoms with Crippen molar-refractivity contribution in [3.8, 4) is 5.75 Å². The summed E-state index contributed by atoms with van der Waals surface area (Å²) in [5.41, 5.74) is 2.24. The monoisotopic (exact) mass is 352 g/mol. The highest BCUT2D eigenvalue weighted by molar-refractivity contribution is 7.18. The van der Waals surface area contributed by atoms with Gasteiger partial charge in [0.2, 0.25) is 0 Å². The maximum atomic E-state index is 12.4. The molecule has 25 heavy (non-hydrogen) atoms. The number of fused-ring (bicyclic) bond motifs is 3. The van der Waals surface area contributed by atoms with Crippen molar-refractivity contribution in [2.45, 2.75) is 32.6 Å². The molecule has 1 aliphatic carbocycles. The first-order chi connectivity index (χ1) is 12.2. The van der Waals surface area contributed by atoms with Crippen molar-refractivity contribution >= 4 is 33.7 Å². The van der Waals surface area contributed by atoms with Gasteiger partial charge in [0.15, 0.2) is 0 Å². The normalized spacial score (nSPS) is 13.6. The van der Waals surface area contributed by atoms with E-state index in [1.54, 1.807) is 11.3 Å². The Kier molecular flexibility index (Phi) is 4.40. The van der Waals surface area contributed by atoms with E-state index in [1.165, 1.54) is 10.4 Å². The van der Waals surface area contributed by atoms with Gasteiger partial charge in [-0.1, -0.05) is 25.1 Å². The topological polar surface area (TPSA) is 55.0 Å². The van der Waals surface area contributed by atoms with Crippen molar-refractivity contribution in [1.29, 1.82) is 0 Å². The molecule has 0 bridgehead atoms. The number of aromatic nitrogens is 2. The lowest BCUT2D eigenvalue weighted by Gasteiger charge is -2.04. The summed E-state index contributed by atoms with van der Waals surface area (Å²) < 4.78 is 5.58. The van der Waals surface area contributed by atoms with Crippen LogP contribution >= 0.6 is 11.3 Å². The molecular formula is C20H20N2O2S. The summed E-state index contributed by atoms with van der Waals surface area (Å²) >= 11 is 1.66. The molecule has 0 saturated heterocycles. The molecule has 1 aromatic carbocycles. The summed E-state index contributed by atoms with van der Waals surface area (Å²) in [5.74, 6) is 1.48. The van der Waals surface area contributed by atoms with E-state index in [1.807, 2.05) is 36.4 Å². The molecule has 3 aromatic rings. The first-order valence-corrected chi connectivity index (χ1v) is 9.52. The predicted octanol–water partition coefficient (Wildman–Crippen LogP) is 4.43. The van der Waals surface area contributed by atoms with Crippen LogP contribution in [0.1, 0.15) is 41.6 Å². The second kappa shape index (κ2) is 6.84. The van der Waals surface area contributed by atoms with E-state index in [0.29, 0.717) is 5.82 Å². The third-order valence-corrected chi connectivity index (χ3v) is 5.57. The molecule has 0 unspecified atom stereocenters. The van der Waals surface area contributed by atoms with Crippen molar-refractivity contribution in [2.24, 2.45) is 0 Å². The van der Waals surface area contributed by atoms with E-state index in [4.69, 9.17) is 4.74 Å². The number of ether oxygens (including phenoxy) is 1. The molecule has 0 spiro atoms. The largest absolute Gasteiger partial charge is 0.494 e. The van der Waals surface area contributed by atoms with Crippen LogP contribution in [0.2, 0.25) is 0 Å². The van der Waals surface area contributed by atoms with Gasteiger partial charge in [-0.25, -0.2) is 4.98 Å². The van der Waals surface area contributed by atoms with Crippen LogP contribution < -0.4 is 10.3 Å². The Morgan fingerprint density at radius 3 is 2.88 bits per heavy atom. The van der Waals surface area contributed by atoms with E-state index in [0.717, 1.165) is 53.8 Å². The molecule has 0 saturated carbocycles. The zero-order valence-corrected chi connectivity index (χ0v) is 15.0. The van der Waals surface area contributed by atoms with Gasteiger partial charge < -0.3 is 9.72 Å². The minimum absolute atomic E-state index is 0.0210. The Morgan fingerprint density at radius 2 is 2.08 bits per heavy atom. The van der Waals surface area contributed by atoms with Crippen LogP contribution in [0, 0.1) is 0 Å². The quantitative estimate of drug-likeness (QED) is 0.739. The maximum Gasteiger partial charge on any atom is 0.260 e. The first-order valence-electron chi connectivity index (χ1n) is 8.70. The smallest absolute Gasteiger partial charge is 0.260 e. The van der Waals surface area contributed by atoms with Crippen LogP contribution in [0.5, 0.6) is 5.75 Å². The zero-order chi connectivity index (χ0) is 17.2. The van der Waals surface area contributed by atoms with Crippen molar-refractivity contribution < 1.29 is 4.74 Å². The fourth-order valence-electron chi connectivity index (χ4n) is 3.17. The second-order valence-corrected chi connectivity index (χ2v) is 7.32. The molecular weight excluding hydrogens is 332 g/mol. The Hall–Kier alpha value is -2.40. The highest BCUT2D eigenvalue weighted by atomic mass is 32.1. The van der Waals surface area contributed by atoms with E-state index in [2.05, 4.69) is 16.9 Å². The van der Waals surface area contributed by atoms with Crippen LogP contribution in [-0.4, -0.2) is 16.6 Å². The number of thiophene rings is 1. The average molecular weight is 352 g/mol. The Bertz CT molecular complexity index is 983. The highest BCUT2D eigenvalue weighted by Crippen LogP contribution is 2.34. The Morgan fingerprint density at radius 1 is 1.24 bits per heavy atom. The lowest BCUT2D eigenvalue weighted by molar-refractivity contribution is 0.317. The predicted molar refractivity (Wildman–Crippen MR) is 103 cm³/mol. The number of nitrogens with one attached hydrogen (secondary N) is 1. The van der Waals surface area contributed by atoms with Crippen LogP contribution in [-0.2, 0) is 12.8 Å². The SMILES string of the molecule is CCCOc1ccc(/C=C/c2nc3sc4c(c3c(=O)[nH]2)CCC4)cc1. The molecule has 128 valence electrons. The molecule has 2 aromatic heterocycles. The fourth-order valence-corrected chi connectivity index (χ4v) is 4.44. The third kappa shape index (κ3) is 3.24. The number of rotatable bonds is 5. The molecule has 0 atom stereocenters. The minimum Gasteiger partial charge on any atom is -0.494 e. The number of benzene rings is 1. The third-order valence-electron chi connectivity index (χ3n) is 4.38. The van der Waals surface area contributed by atoms with Gasteiger partial charge in [-0.2, -0.15) is 0 Å². The minimum atomic E-state index is -0.0210. The number of aryl methyl sites for hydroxylation is 2. The molecule has 0 fully saturated rings. The maximum absolute atomic E-state index is 12.4. The molecule has 0 amide bonds. The molecule has 4 rings (SSSR count). The van der Waals surface area contributed by atoms with Gasteiger partial charge in [0.1, 0.15) is 16.4 Å². The van der Waals surface area contributed by atoms with Gasteiger partial charge in [-0.3, -0.25) is 4.79 Å². The van der Waals surface area contributed by atoms with E-state index < -0.39 is 0 Å². The van der Waals surface area contributed by atoms with Gasteiger partial charge in [0, 0.05) is 4.88 Å². The number of aromatic amines is 1. The number of H-pyrrole nitrogens is 1. The standard InChI is InChI=1S/C20H20N2O2S/c1-2-12-24-14-9-6-13(7-10-14)8-11-17-21-19(23)18-15-4-3-5-16(15)25-20(18)22-17/h6-11H,2-5,12H2,1H3,(H,21,22,23)/b11-8+. The van der Waals surface area contributed by atoms with Gasteiger partial charge in [-0.05, 0) is 55.0 Å². The van der Waals surface area contributed by atoms with Crippen molar-refractivity contribution in [3.63, 3.8) is 0 Å². The van der Waals surface area contributed by atoms with Gasteiger partial charge >= 0.3 is 0 Å². The van der Waals surface area contributed by atoms with Crippen molar-refractivity contribution in [3.05, 3.63) is 56.4 Å². The van der Waals surface area contributed by atoms with Crippen LogP contribution in [0.25, 0.3) is 22.4 Å². The van der Waals surface area contributed by atoms with Crippen LogP contribution in [0.15, 0.2) is 29.1 Å². The summed E-state index contributed by atoms with van der Waals surface area (Å²) in [7, 11) is 0. The van der Waals surface area contributed by atoms with E-state index in [9.17, 15) is 4.79 Å². The summed E-state index contributed by atoms with van der Waals surface area (Å²) in [6.45, 7) is 2.81. The number of hydrogen-bond donors (Lipinski definition) is 1. The fraction of sp³-hybridized carbons (Fsp3) is 0.300. The number of hydrogen-bond acceptors (Lipinski definition) is 4. The molecule has 2 heterocycles. The Labute approximate surface area is 150 Å². The Balaban J connectivity index is 1.58. The van der Waals surface area contributed by atoms with Crippen LogP contribution in [0.4, 0.5) is 0 Å². The molecule has 0 aliphatic heterocycles. The molecule has 0 radical (unpaired) electrons. The molecule has 1 N–H and O–H groups in total. The lowest BCUT2D eigenvalue weighted by Crippen LogP contribution is -2.09. The molecule has 5 heteroatoms. The first kappa shape index (κ1) is 16.1. The van der Waals surface area contributed by atoms with E-state index in [-0.39, 0.29) is 5.56 Å². The highest BCUT2D eigenvalue weighted by Gasteiger charge is 2.20. The summed E-state index contributed by atoms with van der Waals surface area (Å²) in [6, 6.07) is 7.91. The summed E-state index contributed by atoms with van der Waals surface area (Å²) in [6.07, 6.45) is 8.03. The average Bonchev–Trinajstić information content (AvgIpc) is 3.19. The van der Waals surface area contributed by atoms with Gasteiger partial charge in [0.05, 0.1) is 12.0 Å². The molecule has 1 aliphatic rings. The molecule has 4 nitrogen and oxygen atoms in total. The van der Waals surface area contributed by atoms with Crippen LogP contribution in [0.3, 0.4) is 0 Å². The van der Waals surface area contributed by atoms with Crippen molar-refractivity contribution in [2.75, 3.05) is 6.61 Å². The van der Waals surface area contributed by atoms with E-state index >= 15 is 0 Å². The van der Waals surface area contributed by atoms with Gasteiger partial charge in [-0.15, -0.1) is 11.3 Å². The zero-order valence-electron chi connectivity index (χ0n) is 14.2. The van der Waals surface area contributed by atoms with Gasteiger partial charge in [0.25, 0.3) is 5.56 Å². The lowest BCUT2D eigenvalue weighted by atomic mass is 10.2. The second-order valence-electron chi connectivity index (χ2n) is 6.24. The summed E-state index contributed by atoms with van der Waals surface area (Å²) in [4.78, 5) is 22.2.